The van der Waals surface area contributed by atoms with Gasteiger partial charge in [-0.15, -0.1) is 0 Å². The van der Waals surface area contributed by atoms with Crippen molar-refractivity contribution in [3.63, 3.8) is 0 Å². The maximum atomic E-state index is 12.3. The molecule has 1 aromatic heterocycles. The second-order valence-corrected chi connectivity index (χ2v) is 4.85. The molecule has 8 heteroatoms. The quantitative estimate of drug-likeness (QED) is 0.823. The molecule has 0 saturated heterocycles. The average molecular weight is 330 g/mol. The van der Waals surface area contributed by atoms with Gasteiger partial charge in [-0.1, -0.05) is 29.8 Å². The average Bonchev–Trinajstić information content (AvgIpc) is 2.65. The third kappa shape index (κ3) is 4.42. The summed E-state index contributed by atoms with van der Waals surface area (Å²) in [5.74, 6) is -2.14. The predicted octanol–water partition coefficient (Wildman–Crippen LogP) is 2.96. The second kappa shape index (κ2) is 6.74. The first-order valence-electron chi connectivity index (χ1n) is 6.25. The number of carbonyl (C=O) groups is 1. The number of aliphatic imine (C=N–C) groups is 1. The molecule has 2 rings (SSSR count). The van der Waals surface area contributed by atoms with Gasteiger partial charge in [-0.3, -0.25) is 4.79 Å². The van der Waals surface area contributed by atoms with Crippen molar-refractivity contribution in [2.45, 2.75) is 19.1 Å². The van der Waals surface area contributed by atoms with E-state index in [1.807, 2.05) is 0 Å². The molecule has 0 radical (unpaired) electrons. The summed E-state index contributed by atoms with van der Waals surface area (Å²) < 4.78 is 38.4. The molecule has 1 amide bonds. The Morgan fingerprint density at radius 1 is 1.41 bits per heavy atom. The Kier molecular flexibility index (Phi) is 4.97. The van der Waals surface area contributed by atoms with Crippen LogP contribution in [0.4, 0.5) is 13.2 Å². The minimum absolute atomic E-state index is 0.0848. The molecular formula is C14H11ClF3N3O. The fourth-order valence-electron chi connectivity index (χ4n) is 1.72. The Hall–Kier alpha value is -2.15. The van der Waals surface area contributed by atoms with E-state index in [0.29, 0.717) is 11.6 Å². The van der Waals surface area contributed by atoms with E-state index < -0.39 is 12.1 Å². The van der Waals surface area contributed by atoms with Crippen molar-refractivity contribution in [2.75, 3.05) is 0 Å². The van der Waals surface area contributed by atoms with Gasteiger partial charge < -0.3 is 4.57 Å². The number of halogens is 4. The standard InChI is InChI=1S/C14H11ClF3N3O/c15-11-5-3-4-10(8-19-11)9-21-7-2-1-6-12(21)20-13(22)14(16,17)18/h1-4,6-8H,5,9H2/b20-12+. The lowest BCUT2D eigenvalue weighted by Crippen LogP contribution is -2.27. The molecule has 0 spiro atoms. The third-order valence-corrected chi connectivity index (χ3v) is 2.97. The highest BCUT2D eigenvalue weighted by Crippen LogP contribution is 2.16. The van der Waals surface area contributed by atoms with Gasteiger partial charge >= 0.3 is 12.1 Å². The van der Waals surface area contributed by atoms with Crippen LogP contribution in [-0.2, 0) is 11.3 Å². The van der Waals surface area contributed by atoms with Gasteiger partial charge in [0.15, 0.2) is 0 Å². The second-order valence-electron chi connectivity index (χ2n) is 4.42. The van der Waals surface area contributed by atoms with Gasteiger partial charge in [0.1, 0.15) is 10.7 Å². The highest BCUT2D eigenvalue weighted by molar-refractivity contribution is 6.65. The fraction of sp³-hybridized carbons (Fsp3) is 0.214. The maximum absolute atomic E-state index is 12.3. The first-order chi connectivity index (χ1) is 10.4. The smallest absolute Gasteiger partial charge is 0.328 e. The molecule has 116 valence electrons. The molecule has 4 nitrogen and oxygen atoms in total. The van der Waals surface area contributed by atoms with E-state index in [1.165, 1.54) is 29.1 Å². The molecule has 0 atom stereocenters. The van der Waals surface area contributed by atoms with E-state index in [9.17, 15) is 18.0 Å². The van der Waals surface area contributed by atoms with E-state index in [-0.39, 0.29) is 12.0 Å². The number of aromatic nitrogens is 1. The number of hydrogen-bond donors (Lipinski definition) is 0. The fourth-order valence-corrected chi connectivity index (χ4v) is 1.85. The largest absolute Gasteiger partial charge is 0.473 e. The predicted molar refractivity (Wildman–Crippen MR) is 76.2 cm³/mol. The Balaban J connectivity index is 2.34. The van der Waals surface area contributed by atoms with Gasteiger partial charge in [-0.25, -0.2) is 4.99 Å². The van der Waals surface area contributed by atoms with E-state index in [1.54, 1.807) is 18.2 Å². The normalized spacial score (nSPS) is 16.1. The van der Waals surface area contributed by atoms with E-state index in [2.05, 4.69) is 9.98 Å². The van der Waals surface area contributed by atoms with Crippen LogP contribution in [0.15, 0.2) is 58.3 Å². The number of rotatable bonds is 2. The van der Waals surface area contributed by atoms with Crippen molar-refractivity contribution in [3.8, 4) is 0 Å². The molecule has 2 heterocycles. The zero-order chi connectivity index (χ0) is 16.2. The highest BCUT2D eigenvalue weighted by atomic mass is 35.5. The number of hydrogen-bond acceptors (Lipinski definition) is 2. The summed E-state index contributed by atoms with van der Waals surface area (Å²) in [7, 11) is 0. The van der Waals surface area contributed by atoms with E-state index in [4.69, 9.17) is 11.6 Å². The van der Waals surface area contributed by atoms with Crippen LogP contribution in [0.25, 0.3) is 0 Å². The number of amides is 1. The number of carbonyl (C=O) groups excluding carboxylic acids is 1. The van der Waals surface area contributed by atoms with Crippen molar-refractivity contribution in [3.05, 3.63) is 53.8 Å². The van der Waals surface area contributed by atoms with Crippen LogP contribution in [-0.4, -0.2) is 21.8 Å². The summed E-state index contributed by atoms with van der Waals surface area (Å²) in [6, 6.07) is 4.47. The topological polar surface area (TPSA) is 46.7 Å². The van der Waals surface area contributed by atoms with Gasteiger partial charge in [-0.2, -0.15) is 18.2 Å². The van der Waals surface area contributed by atoms with Crippen LogP contribution >= 0.6 is 11.6 Å². The Morgan fingerprint density at radius 2 is 2.18 bits per heavy atom. The minimum atomic E-state index is -4.99. The zero-order valence-electron chi connectivity index (χ0n) is 11.2. The van der Waals surface area contributed by atoms with Gasteiger partial charge in [-0.05, 0) is 17.7 Å². The molecule has 1 aliphatic heterocycles. The van der Waals surface area contributed by atoms with Crippen LogP contribution in [0.3, 0.4) is 0 Å². The monoisotopic (exact) mass is 329 g/mol. The summed E-state index contributed by atoms with van der Waals surface area (Å²) in [5, 5.41) is 0.418. The van der Waals surface area contributed by atoms with Crippen LogP contribution < -0.4 is 5.49 Å². The molecule has 1 aliphatic rings. The van der Waals surface area contributed by atoms with Gasteiger partial charge in [0.25, 0.3) is 0 Å². The van der Waals surface area contributed by atoms with Gasteiger partial charge in [0.05, 0.1) is 6.54 Å². The summed E-state index contributed by atoms with van der Waals surface area (Å²) in [4.78, 5) is 18.1. The Bertz CT molecular complexity index is 729. The first-order valence-corrected chi connectivity index (χ1v) is 6.63. The molecule has 0 fully saturated rings. The number of nitrogens with zero attached hydrogens (tertiary/aromatic N) is 3. The lowest BCUT2D eigenvalue weighted by Gasteiger charge is -2.08. The summed E-state index contributed by atoms with van der Waals surface area (Å²) in [5.41, 5.74) is 0.640. The lowest BCUT2D eigenvalue weighted by atomic mass is 10.2. The molecule has 0 N–H and O–H groups in total. The van der Waals surface area contributed by atoms with Crippen molar-refractivity contribution in [1.29, 1.82) is 0 Å². The third-order valence-electron chi connectivity index (χ3n) is 2.72. The van der Waals surface area contributed by atoms with Crippen molar-refractivity contribution in [1.82, 2.24) is 4.57 Å². The number of alkyl halides is 3. The summed E-state index contributed by atoms with van der Waals surface area (Å²) >= 11 is 5.80. The highest BCUT2D eigenvalue weighted by Gasteiger charge is 2.38. The zero-order valence-corrected chi connectivity index (χ0v) is 12.0. The van der Waals surface area contributed by atoms with Crippen molar-refractivity contribution >= 4 is 22.7 Å². The summed E-state index contributed by atoms with van der Waals surface area (Å²) in [6.45, 7) is 0.217. The minimum Gasteiger partial charge on any atom is -0.328 e. The molecule has 0 saturated carbocycles. The van der Waals surface area contributed by atoms with E-state index in [0.717, 1.165) is 5.57 Å². The summed E-state index contributed by atoms with van der Waals surface area (Å²) in [6.07, 6.45) is 2.13. The van der Waals surface area contributed by atoms with Gasteiger partial charge in [0.2, 0.25) is 0 Å². The van der Waals surface area contributed by atoms with E-state index >= 15 is 0 Å². The Labute approximate surface area is 129 Å². The molecule has 0 aromatic carbocycles. The first kappa shape index (κ1) is 16.2. The molecule has 1 aromatic rings. The molecule has 0 aliphatic carbocycles. The van der Waals surface area contributed by atoms with Crippen molar-refractivity contribution < 1.29 is 18.0 Å². The lowest BCUT2D eigenvalue weighted by molar-refractivity contribution is -0.169. The Morgan fingerprint density at radius 3 is 2.91 bits per heavy atom. The van der Waals surface area contributed by atoms with Crippen LogP contribution in [0, 0.1) is 0 Å². The van der Waals surface area contributed by atoms with Crippen LogP contribution in [0.2, 0.25) is 0 Å². The van der Waals surface area contributed by atoms with Crippen LogP contribution in [0.1, 0.15) is 6.42 Å². The SMILES string of the molecule is O=C(/N=c1\ccccn1CC1=CN=C(Cl)CC=C1)C(F)(F)F. The van der Waals surface area contributed by atoms with Gasteiger partial charge in [0, 0.05) is 18.8 Å². The molecular weight excluding hydrogens is 319 g/mol. The number of allylic oxidation sites excluding steroid dienone is 3. The molecule has 0 unspecified atom stereocenters. The molecule has 22 heavy (non-hydrogen) atoms. The van der Waals surface area contributed by atoms with Crippen LogP contribution in [0.5, 0.6) is 0 Å². The molecule has 0 bridgehead atoms. The number of pyridine rings is 1. The maximum Gasteiger partial charge on any atom is 0.473 e. The van der Waals surface area contributed by atoms with Crippen molar-refractivity contribution in [2.24, 2.45) is 9.98 Å².